The second-order valence-electron chi connectivity index (χ2n) is 11.2. The predicted molar refractivity (Wildman–Crippen MR) is 140 cm³/mol. The summed E-state index contributed by atoms with van der Waals surface area (Å²) in [6.07, 6.45) is 4.28. The molecule has 2 heterocycles. The van der Waals surface area contributed by atoms with Crippen molar-refractivity contribution in [3.63, 3.8) is 0 Å². The van der Waals surface area contributed by atoms with Crippen molar-refractivity contribution in [1.82, 2.24) is 9.88 Å². The standard InChI is InChI=1S/C28H37N3O4S/c1-16(26(34)31-13-5-6-14-31)20-11-12-28(3)15-21-23(17(2)22(28)24(20)32)29-27(36-21)30-25(33)18-7-9-19(35-4)10-8-18/h7-10,16-17,20,22,24,32H,5-6,11-15H2,1-4H3,(H,29,30,33)/t16-,17-,20-,22+,24-,28-/m0/s1. The molecule has 1 aromatic heterocycles. The Labute approximate surface area is 217 Å². The number of thiazole rings is 1. The first-order valence-corrected chi connectivity index (χ1v) is 14.0. The van der Waals surface area contributed by atoms with Crippen LogP contribution in [0.25, 0.3) is 0 Å². The topological polar surface area (TPSA) is 91.8 Å². The van der Waals surface area contributed by atoms with Gasteiger partial charge < -0.3 is 14.7 Å². The number of benzene rings is 1. The number of ether oxygens (including phenoxy) is 1. The molecule has 1 aromatic carbocycles. The average molecular weight is 512 g/mol. The second kappa shape index (κ2) is 9.78. The van der Waals surface area contributed by atoms with E-state index in [1.54, 1.807) is 42.7 Å². The maximum absolute atomic E-state index is 13.1. The van der Waals surface area contributed by atoms with Gasteiger partial charge in [-0.1, -0.05) is 20.8 Å². The fourth-order valence-electron chi connectivity index (χ4n) is 6.92. The zero-order chi connectivity index (χ0) is 25.6. The van der Waals surface area contributed by atoms with E-state index in [1.165, 1.54) is 4.88 Å². The van der Waals surface area contributed by atoms with Crippen molar-refractivity contribution in [2.45, 2.75) is 64.9 Å². The Morgan fingerprint density at radius 3 is 2.61 bits per heavy atom. The number of aliphatic hydroxyl groups excluding tert-OH is 1. The van der Waals surface area contributed by atoms with Gasteiger partial charge >= 0.3 is 0 Å². The van der Waals surface area contributed by atoms with Crippen LogP contribution in [-0.4, -0.2) is 53.1 Å². The Morgan fingerprint density at radius 2 is 1.94 bits per heavy atom. The number of nitrogens with one attached hydrogen (secondary N) is 1. The molecule has 2 aromatic rings. The zero-order valence-corrected chi connectivity index (χ0v) is 22.4. The van der Waals surface area contributed by atoms with Gasteiger partial charge in [0.05, 0.1) is 18.9 Å². The third-order valence-corrected chi connectivity index (χ3v) is 9.93. The van der Waals surface area contributed by atoms with Gasteiger partial charge in [-0.2, -0.15) is 0 Å². The monoisotopic (exact) mass is 511 g/mol. The Balaban J connectivity index is 1.33. The maximum atomic E-state index is 13.1. The largest absolute Gasteiger partial charge is 0.497 e. The third kappa shape index (κ3) is 4.43. The van der Waals surface area contributed by atoms with Crippen LogP contribution in [0.15, 0.2) is 24.3 Å². The number of rotatable bonds is 5. The van der Waals surface area contributed by atoms with Crippen molar-refractivity contribution in [1.29, 1.82) is 0 Å². The molecule has 0 spiro atoms. The summed E-state index contributed by atoms with van der Waals surface area (Å²) in [5.74, 6) is 0.572. The predicted octanol–water partition coefficient (Wildman–Crippen LogP) is 4.72. The number of methoxy groups -OCH3 is 1. The van der Waals surface area contributed by atoms with E-state index in [2.05, 4.69) is 19.2 Å². The fraction of sp³-hybridized carbons (Fsp3) is 0.607. The number of fused-ring (bicyclic) bond motifs is 2. The SMILES string of the molecule is COc1ccc(C(=O)Nc2nc3c(s2)C[C@]2(C)CC[C@@H]([C@H](C)C(=O)N4CCCC4)[C@H](O)[C@H]2[C@@H]3C)cc1. The molecule has 1 saturated heterocycles. The Hall–Kier alpha value is -2.45. The number of carbonyl (C=O) groups is 2. The van der Waals surface area contributed by atoms with E-state index in [-0.39, 0.29) is 40.9 Å². The van der Waals surface area contributed by atoms with Crippen LogP contribution in [0.1, 0.15) is 73.3 Å². The van der Waals surface area contributed by atoms with Gasteiger partial charge in [-0.25, -0.2) is 4.98 Å². The first-order valence-electron chi connectivity index (χ1n) is 13.1. The molecule has 0 bridgehead atoms. The van der Waals surface area contributed by atoms with E-state index in [4.69, 9.17) is 9.72 Å². The molecule has 0 unspecified atom stereocenters. The van der Waals surface area contributed by atoms with Crippen molar-refractivity contribution in [3.05, 3.63) is 40.4 Å². The lowest BCUT2D eigenvalue weighted by Gasteiger charge is -2.53. The molecule has 7 nitrogen and oxygen atoms in total. The van der Waals surface area contributed by atoms with Gasteiger partial charge in [0.15, 0.2) is 5.13 Å². The first kappa shape index (κ1) is 25.2. The van der Waals surface area contributed by atoms with E-state index in [9.17, 15) is 14.7 Å². The average Bonchev–Trinajstić information content (AvgIpc) is 3.53. The molecular weight excluding hydrogens is 474 g/mol. The van der Waals surface area contributed by atoms with Crippen molar-refractivity contribution in [2.24, 2.45) is 23.2 Å². The quantitative estimate of drug-likeness (QED) is 0.606. The summed E-state index contributed by atoms with van der Waals surface area (Å²) in [5, 5.41) is 15.2. The number of carbonyl (C=O) groups excluding carboxylic acids is 2. The van der Waals surface area contributed by atoms with Crippen LogP contribution >= 0.6 is 11.3 Å². The van der Waals surface area contributed by atoms with Crippen LogP contribution in [0.5, 0.6) is 5.75 Å². The van der Waals surface area contributed by atoms with E-state index < -0.39 is 6.10 Å². The summed E-state index contributed by atoms with van der Waals surface area (Å²) in [7, 11) is 1.60. The minimum atomic E-state index is -0.549. The van der Waals surface area contributed by atoms with Gasteiger partial charge in [-0.05, 0) is 73.6 Å². The molecule has 3 aliphatic rings. The number of likely N-dealkylation sites (tertiary alicyclic amines) is 1. The highest BCUT2D eigenvalue weighted by Gasteiger charge is 2.54. The van der Waals surface area contributed by atoms with E-state index >= 15 is 0 Å². The number of aliphatic hydroxyl groups is 1. The highest BCUT2D eigenvalue weighted by molar-refractivity contribution is 7.15. The molecule has 5 rings (SSSR count). The summed E-state index contributed by atoms with van der Waals surface area (Å²) in [6, 6.07) is 7.01. The molecule has 6 atom stereocenters. The lowest BCUT2D eigenvalue weighted by Crippen LogP contribution is -2.53. The molecule has 0 radical (unpaired) electrons. The summed E-state index contributed by atoms with van der Waals surface area (Å²) in [6.45, 7) is 8.12. The van der Waals surface area contributed by atoms with Gasteiger partial charge in [-0.15, -0.1) is 11.3 Å². The highest BCUT2D eigenvalue weighted by Crippen LogP contribution is 2.57. The molecule has 2 fully saturated rings. The van der Waals surface area contributed by atoms with Crippen LogP contribution in [-0.2, 0) is 11.2 Å². The van der Waals surface area contributed by atoms with Gasteiger partial charge in [0.2, 0.25) is 5.91 Å². The number of nitrogens with zero attached hydrogens (tertiary/aromatic N) is 2. The van der Waals surface area contributed by atoms with Gasteiger partial charge in [-0.3, -0.25) is 14.9 Å². The molecule has 194 valence electrons. The number of amides is 2. The van der Waals surface area contributed by atoms with Crippen molar-refractivity contribution in [3.8, 4) is 5.75 Å². The number of aromatic nitrogens is 1. The lowest BCUT2D eigenvalue weighted by atomic mass is 9.53. The number of hydrogen-bond acceptors (Lipinski definition) is 6. The van der Waals surface area contributed by atoms with E-state index in [0.717, 1.165) is 50.9 Å². The smallest absolute Gasteiger partial charge is 0.257 e. The normalized spacial score (nSPS) is 30.3. The van der Waals surface area contributed by atoms with Crippen molar-refractivity contribution in [2.75, 3.05) is 25.5 Å². The number of anilines is 1. The molecule has 2 aliphatic carbocycles. The van der Waals surface area contributed by atoms with E-state index in [1.807, 2.05) is 11.8 Å². The molecule has 2 N–H and O–H groups in total. The second-order valence-corrected chi connectivity index (χ2v) is 12.3. The summed E-state index contributed by atoms with van der Waals surface area (Å²) in [5.41, 5.74) is 1.47. The third-order valence-electron chi connectivity index (χ3n) is 8.94. The van der Waals surface area contributed by atoms with Crippen molar-refractivity contribution < 1.29 is 19.4 Å². The highest BCUT2D eigenvalue weighted by atomic mass is 32.1. The van der Waals surface area contributed by atoms with Crippen LogP contribution < -0.4 is 10.1 Å². The molecule has 8 heteroatoms. The van der Waals surface area contributed by atoms with Crippen LogP contribution in [0, 0.1) is 23.2 Å². The van der Waals surface area contributed by atoms with Gasteiger partial charge in [0.25, 0.3) is 5.91 Å². The van der Waals surface area contributed by atoms with Gasteiger partial charge in [0, 0.05) is 35.4 Å². The molecule has 36 heavy (non-hydrogen) atoms. The Morgan fingerprint density at radius 1 is 1.25 bits per heavy atom. The Bertz CT molecular complexity index is 1130. The Kier molecular flexibility index (Phi) is 6.85. The molecule has 2 amide bonds. The molecular formula is C28H37N3O4S. The van der Waals surface area contributed by atoms with Crippen LogP contribution in [0.3, 0.4) is 0 Å². The summed E-state index contributed by atoms with van der Waals surface area (Å²) >= 11 is 1.54. The minimum Gasteiger partial charge on any atom is -0.497 e. The van der Waals surface area contributed by atoms with Crippen molar-refractivity contribution >= 4 is 28.3 Å². The lowest BCUT2D eigenvalue weighted by molar-refractivity contribution is -0.143. The molecule has 1 aliphatic heterocycles. The van der Waals surface area contributed by atoms with Crippen LogP contribution in [0.4, 0.5) is 5.13 Å². The van der Waals surface area contributed by atoms with E-state index in [0.29, 0.717) is 16.4 Å². The number of hydrogen-bond donors (Lipinski definition) is 2. The molecule has 1 saturated carbocycles. The summed E-state index contributed by atoms with van der Waals surface area (Å²) in [4.78, 5) is 33.9. The van der Waals surface area contributed by atoms with Crippen LogP contribution in [0.2, 0.25) is 0 Å². The zero-order valence-electron chi connectivity index (χ0n) is 21.6. The van der Waals surface area contributed by atoms with Gasteiger partial charge in [0.1, 0.15) is 5.75 Å². The first-order chi connectivity index (χ1) is 17.2. The minimum absolute atomic E-state index is 0.0322. The maximum Gasteiger partial charge on any atom is 0.257 e. The summed E-state index contributed by atoms with van der Waals surface area (Å²) < 4.78 is 5.18. The fourth-order valence-corrected chi connectivity index (χ4v) is 8.18.